The van der Waals surface area contributed by atoms with Gasteiger partial charge in [0, 0.05) is 25.0 Å². The lowest BCUT2D eigenvalue weighted by Gasteiger charge is -2.31. The molecule has 0 aromatic carbocycles. The van der Waals surface area contributed by atoms with Gasteiger partial charge in [0.15, 0.2) is 0 Å². The standard InChI is InChI=1S/C15H26ClN3/c1-3-13-9-14(19(4-2)18-13)11-17-15-8-6-5-7-12(15)10-16/h9,12,15,17H,3-8,10-11H2,1-2H3. The average molecular weight is 284 g/mol. The number of hydrogen-bond acceptors (Lipinski definition) is 2. The van der Waals surface area contributed by atoms with Crippen LogP contribution in [0.2, 0.25) is 0 Å². The summed E-state index contributed by atoms with van der Waals surface area (Å²) in [7, 11) is 0. The summed E-state index contributed by atoms with van der Waals surface area (Å²) in [5, 5.41) is 8.31. The van der Waals surface area contributed by atoms with E-state index in [1.807, 2.05) is 0 Å². The van der Waals surface area contributed by atoms with E-state index in [4.69, 9.17) is 11.6 Å². The van der Waals surface area contributed by atoms with Crippen LogP contribution in [0.25, 0.3) is 0 Å². The molecule has 3 nitrogen and oxygen atoms in total. The maximum Gasteiger partial charge on any atom is 0.0625 e. The van der Waals surface area contributed by atoms with Crippen molar-refractivity contribution in [3.05, 3.63) is 17.5 Å². The number of aryl methyl sites for hydroxylation is 2. The molecule has 1 heterocycles. The van der Waals surface area contributed by atoms with E-state index < -0.39 is 0 Å². The fourth-order valence-electron chi connectivity index (χ4n) is 3.00. The lowest BCUT2D eigenvalue weighted by atomic mass is 9.86. The Morgan fingerprint density at radius 3 is 2.84 bits per heavy atom. The highest BCUT2D eigenvalue weighted by atomic mass is 35.5. The Labute approximate surface area is 121 Å². The van der Waals surface area contributed by atoms with Gasteiger partial charge in [0.25, 0.3) is 0 Å². The first-order valence-electron chi connectivity index (χ1n) is 7.63. The van der Waals surface area contributed by atoms with Crippen LogP contribution in [0.3, 0.4) is 0 Å². The number of alkyl halides is 1. The number of nitrogens with zero attached hydrogens (tertiary/aromatic N) is 2. The fraction of sp³-hybridized carbons (Fsp3) is 0.800. The Bertz CT molecular complexity index is 389. The normalized spacial score (nSPS) is 23.7. The third kappa shape index (κ3) is 3.73. The molecule has 0 bridgehead atoms. The maximum absolute atomic E-state index is 6.08. The van der Waals surface area contributed by atoms with Gasteiger partial charge >= 0.3 is 0 Å². The lowest BCUT2D eigenvalue weighted by molar-refractivity contribution is 0.280. The van der Waals surface area contributed by atoms with Crippen molar-refractivity contribution in [2.75, 3.05) is 5.88 Å². The minimum Gasteiger partial charge on any atom is -0.308 e. The minimum atomic E-state index is 0.580. The Morgan fingerprint density at radius 1 is 1.37 bits per heavy atom. The van der Waals surface area contributed by atoms with Crippen molar-refractivity contribution in [1.82, 2.24) is 15.1 Å². The molecule has 1 aliphatic carbocycles. The van der Waals surface area contributed by atoms with Gasteiger partial charge in [-0.3, -0.25) is 4.68 Å². The second-order valence-electron chi connectivity index (χ2n) is 5.48. The van der Waals surface area contributed by atoms with Crippen molar-refractivity contribution in [2.45, 2.75) is 65.1 Å². The molecule has 108 valence electrons. The molecule has 1 fully saturated rings. The van der Waals surface area contributed by atoms with E-state index in [0.717, 1.165) is 25.4 Å². The molecule has 2 unspecified atom stereocenters. The van der Waals surface area contributed by atoms with E-state index in [2.05, 4.69) is 35.0 Å². The van der Waals surface area contributed by atoms with Gasteiger partial charge in [-0.1, -0.05) is 19.8 Å². The largest absolute Gasteiger partial charge is 0.308 e. The Hall–Kier alpha value is -0.540. The van der Waals surface area contributed by atoms with E-state index >= 15 is 0 Å². The molecule has 1 aromatic heterocycles. The molecule has 1 saturated carbocycles. The molecule has 19 heavy (non-hydrogen) atoms. The van der Waals surface area contributed by atoms with E-state index in [9.17, 15) is 0 Å². The molecule has 4 heteroatoms. The zero-order valence-electron chi connectivity index (χ0n) is 12.2. The SMILES string of the molecule is CCc1cc(CNC2CCCCC2CCl)n(CC)n1. The number of nitrogens with one attached hydrogen (secondary N) is 1. The molecule has 0 spiro atoms. The third-order valence-corrected chi connectivity index (χ3v) is 4.62. The van der Waals surface area contributed by atoms with Crippen LogP contribution in [0.15, 0.2) is 6.07 Å². The van der Waals surface area contributed by atoms with Crippen LogP contribution in [0.5, 0.6) is 0 Å². The van der Waals surface area contributed by atoms with Gasteiger partial charge in [0.2, 0.25) is 0 Å². The van der Waals surface area contributed by atoms with Gasteiger partial charge in [0.1, 0.15) is 0 Å². The maximum atomic E-state index is 6.08. The first kappa shape index (κ1) is 14.9. The molecular weight excluding hydrogens is 258 g/mol. The predicted molar refractivity (Wildman–Crippen MR) is 80.6 cm³/mol. The van der Waals surface area contributed by atoms with Crippen LogP contribution in [-0.2, 0) is 19.5 Å². The second kappa shape index (κ2) is 7.30. The molecule has 0 radical (unpaired) electrons. The highest BCUT2D eigenvalue weighted by Gasteiger charge is 2.24. The summed E-state index contributed by atoms with van der Waals surface area (Å²) in [5.41, 5.74) is 2.49. The van der Waals surface area contributed by atoms with Crippen LogP contribution in [0.4, 0.5) is 0 Å². The van der Waals surface area contributed by atoms with Crippen molar-refractivity contribution >= 4 is 11.6 Å². The monoisotopic (exact) mass is 283 g/mol. The molecule has 0 saturated heterocycles. The second-order valence-corrected chi connectivity index (χ2v) is 5.79. The van der Waals surface area contributed by atoms with Gasteiger partial charge in [-0.15, -0.1) is 11.6 Å². The zero-order chi connectivity index (χ0) is 13.7. The van der Waals surface area contributed by atoms with E-state index in [-0.39, 0.29) is 0 Å². The summed E-state index contributed by atoms with van der Waals surface area (Å²) in [6.45, 7) is 6.17. The smallest absolute Gasteiger partial charge is 0.0625 e. The highest BCUT2D eigenvalue weighted by molar-refractivity contribution is 6.18. The van der Waals surface area contributed by atoms with Crippen LogP contribution in [0, 0.1) is 5.92 Å². The van der Waals surface area contributed by atoms with E-state index in [1.165, 1.54) is 37.1 Å². The van der Waals surface area contributed by atoms with E-state index in [0.29, 0.717) is 12.0 Å². The highest BCUT2D eigenvalue weighted by Crippen LogP contribution is 2.25. The van der Waals surface area contributed by atoms with Gasteiger partial charge in [-0.2, -0.15) is 5.10 Å². The van der Waals surface area contributed by atoms with Crippen LogP contribution >= 0.6 is 11.6 Å². The molecular formula is C15H26ClN3. The molecule has 1 aliphatic rings. The van der Waals surface area contributed by atoms with Crippen LogP contribution < -0.4 is 5.32 Å². The third-order valence-electron chi connectivity index (χ3n) is 4.23. The average Bonchev–Trinajstić information content (AvgIpc) is 2.87. The van der Waals surface area contributed by atoms with E-state index in [1.54, 1.807) is 0 Å². The van der Waals surface area contributed by atoms with Crippen LogP contribution in [-0.4, -0.2) is 21.7 Å². The van der Waals surface area contributed by atoms with Crippen molar-refractivity contribution in [3.8, 4) is 0 Å². The summed E-state index contributed by atoms with van der Waals surface area (Å²) >= 11 is 6.08. The summed E-state index contributed by atoms with van der Waals surface area (Å²) in [4.78, 5) is 0. The van der Waals surface area contributed by atoms with Crippen molar-refractivity contribution in [3.63, 3.8) is 0 Å². The van der Waals surface area contributed by atoms with Crippen molar-refractivity contribution in [2.24, 2.45) is 5.92 Å². The summed E-state index contributed by atoms with van der Waals surface area (Å²) in [6.07, 6.45) is 6.21. The fourth-order valence-corrected chi connectivity index (χ4v) is 3.37. The van der Waals surface area contributed by atoms with Crippen LogP contribution in [0.1, 0.15) is 50.9 Å². The number of hydrogen-bond donors (Lipinski definition) is 1. The summed E-state index contributed by atoms with van der Waals surface area (Å²) in [6, 6.07) is 2.81. The van der Waals surface area contributed by atoms with Crippen molar-refractivity contribution < 1.29 is 0 Å². The van der Waals surface area contributed by atoms with Gasteiger partial charge in [-0.05, 0) is 38.2 Å². The summed E-state index contributed by atoms with van der Waals surface area (Å²) < 4.78 is 2.12. The predicted octanol–water partition coefficient (Wildman–Crippen LogP) is 3.35. The number of aromatic nitrogens is 2. The van der Waals surface area contributed by atoms with Crippen molar-refractivity contribution in [1.29, 1.82) is 0 Å². The number of rotatable bonds is 6. The quantitative estimate of drug-likeness (QED) is 0.812. The molecule has 1 N–H and O–H groups in total. The first-order valence-corrected chi connectivity index (χ1v) is 8.16. The topological polar surface area (TPSA) is 29.9 Å². The molecule has 1 aromatic rings. The molecule has 2 rings (SSSR count). The molecule has 2 atom stereocenters. The lowest BCUT2D eigenvalue weighted by Crippen LogP contribution is -2.39. The zero-order valence-corrected chi connectivity index (χ0v) is 12.9. The minimum absolute atomic E-state index is 0.580. The number of halogens is 1. The van der Waals surface area contributed by atoms with Gasteiger partial charge in [0.05, 0.1) is 11.4 Å². The Morgan fingerprint density at radius 2 is 2.16 bits per heavy atom. The first-order chi connectivity index (χ1) is 9.28. The van der Waals surface area contributed by atoms with Gasteiger partial charge < -0.3 is 5.32 Å². The van der Waals surface area contributed by atoms with Gasteiger partial charge in [-0.25, -0.2) is 0 Å². The molecule has 0 amide bonds. The summed E-state index contributed by atoms with van der Waals surface area (Å²) in [5.74, 6) is 1.42. The molecule has 0 aliphatic heterocycles. The Balaban J connectivity index is 1.95. The Kier molecular flexibility index (Phi) is 5.71.